The van der Waals surface area contributed by atoms with Crippen LogP contribution in [0.25, 0.3) is 22.3 Å². The number of ether oxygens (including phenoxy) is 1. The number of aromatic nitrogens is 2. The van der Waals surface area contributed by atoms with E-state index < -0.39 is 0 Å². The highest BCUT2D eigenvalue weighted by Gasteiger charge is 2.11. The molecule has 1 heterocycles. The molecule has 5 heteroatoms. The van der Waals surface area contributed by atoms with Crippen molar-refractivity contribution in [3.63, 3.8) is 0 Å². The lowest BCUT2D eigenvalue weighted by atomic mass is 10.1. The average molecular weight is 269 g/mol. The number of nitrogen functional groups attached to an aromatic ring is 1. The van der Waals surface area contributed by atoms with Gasteiger partial charge in [-0.15, -0.1) is 0 Å². The van der Waals surface area contributed by atoms with Crippen molar-refractivity contribution in [2.24, 2.45) is 0 Å². The van der Waals surface area contributed by atoms with Gasteiger partial charge in [-0.05, 0) is 30.3 Å². The molecule has 3 rings (SSSR count). The summed E-state index contributed by atoms with van der Waals surface area (Å²) in [6, 6.07) is 11.7. The Morgan fingerprint density at radius 3 is 2.70 bits per heavy atom. The molecule has 0 fully saturated rings. The predicted octanol–water partition coefficient (Wildman–Crippen LogP) is 3.03. The Bertz CT molecular complexity index is 789. The van der Waals surface area contributed by atoms with Gasteiger partial charge in [0.2, 0.25) is 0 Å². The number of nitrogens with zero attached hydrogens (tertiary/aromatic N) is 2. The van der Waals surface area contributed by atoms with Crippen molar-refractivity contribution in [2.75, 3.05) is 12.8 Å². The van der Waals surface area contributed by atoms with Gasteiger partial charge in [-0.3, -0.25) is 0 Å². The third kappa shape index (κ3) is 2.03. The molecule has 4 nitrogen and oxygen atoms in total. The molecule has 100 valence electrons. The lowest BCUT2D eigenvalue weighted by molar-refractivity contribution is 0.416. The molecule has 0 aliphatic heterocycles. The number of methoxy groups -OCH3 is 1. The van der Waals surface area contributed by atoms with Gasteiger partial charge in [0.25, 0.3) is 0 Å². The quantitative estimate of drug-likeness (QED) is 0.776. The number of anilines is 1. The van der Waals surface area contributed by atoms with Crippen molar-refractivity contribution >= 4 is 16.7 Å². The van der Waals surface area contributed by atoms with Gasteiger partial charge in [0.05, 0.1) is 18.2 Å². The second kappa shape index (κ2) is 4.77. The molecule has 1 aromatic heterocycles. The fraction of sp³-hybridized carbons (Fsp3) is 0.0667. The minimum absolute atomic E-state index is 0.246. The number of hydrogen-bond acceptors (Lipinski definition) is 4. The van der Waals surface area contributed by atoms with Gasteiger partial charge < -0.3 is 10.5 Å². The van der Waals surface area contributed by atoms with Crippen LogP contribution in [0.4, 0.5) is 10.2 Å². The highest BCUT2D eigenvalue weighted by molar-refractivity contribution is 5.89. The van der Waals surface area contributed by atoms with Crippen LogP contribution >= 0.6 is 0 Å². The summed E-state index contributed by atoms with van der Waals surface area (Å²) in [6.45, 7) is 0. The lowest BCUT2D eigenvalue weighted by Gasteiger charge is -2.09. The zero-order valence-corrected chi connectivity index (χ0v) is 10.8. The summed E-state index contributed by atoms with van der Waals surface area (Å²) in [5, 5.41) is 0.503. The van der Waals surface area contributed by atoms with Crippen LogP contribution < -0.4 is 10.5 Å². The molecule has 0 saturated heterocycles. The Hall–Kier alpha value is -2.69. The first-order chi connectivity index (χ1) is 9.69. The van der Waals surface area contributed by atoms with Crippen molar-refractivity contribution in [3.8, 4) is 17.1 Å². The van der Waals surface area contributed by atoms with Crippen LogP contribution in [0, 0.1) is 5.82 Å². The smallest absolute Gasteiger partial charge is 0.165 e. The van der Waals surface area contributed by atoms with E-state index >= 15 is 0 Å². The monoisotopic (exact) mass is 269 g/mol. The van der Waals surface area contributed by atoms with Gasteiger partial charge in [0.15, 0.2) is 5.82 Å². The van der Waals surface area contributed by atoms with Gasteiger partial charge in [-0.1, -0.05) is 12.1 Å². The van der Waals surface area contributed by atoms with Gasteiger partial charge in [-0.2, -0.15) is 0 Å². The summed E-state index contributed by atoms with van der Waals surface area (Å²) >= 11 is 0. The topological polar surface area (TPSA) is 61.0 Å². The van der Waals surface area contributed by atoms with Crippen LogP contribution in [0.5, 0.6) is 5.75 Å². The van der Waals surface area contributed by atoms with Crippen LogP contribution in [0.1, 0.15) is 0 Å². The van der Waals surface area contributed by atoms with E-state index in [4.69, 9.17) is 10.5 Å². The molecule has 0 unspecified atom stereocenters. The molecule has 3 aromatic rings. The molecule has 0 spiro atoms. The maximum Gasteiger partial charge on any atom is 0.165 e. The van der Waals surface area contributed by atoms with Gasteiger partial charge >= 0.3 is 0 Å². The zero-order valence-electron chi connectivity index (χ0n) is 10.8. The van der Waals surface area contributed by atoms with E-state index in [9.17, 15) is 4.39 Å². The van der Waals surface area contributed by atoms with Gasteiger partial charge in [0.1, 0.15) is 17.4 Å². The summed E-state index contributed by atoms with van der Waals surface area (Å²) in [5.41, 5.74) is 7.24. The summed E-state index contributed by atoms with van der Waals surface area (Å²) in [4.78, 5) is 8.66. The first-order valence-electron chi connectivity index (χ1n) is 6.05. The molecule has 2 N–H and O–H groups in total. The van der Waals surface area contributed by atoms with Crippen LogP contribution in [0.3, 0.4) is 0 Å². The van der Waals surface area contributed by atoms with Crippen molar-refractivity contribution in [1.82, 2.24) is 9.97 Å². The second-order valence-electron chi connectivity index (χ2n) is 4.29. The van der Waals surface area contributed by atoms with E-state index in [1.165, 1.54) is 12.1 Å². The molecule has 0 amide bonds. The van der Waals surface area contributed by atoms with E-state index in [0.29, 0.717) is 22.5 Å². The zero-order chi connectivity index (χ0) is 14.1. The molecule has 0 bridgehead atoms. The van der Waals surface area contributed by atoms with Gasteiger partial charge in [0, 0.05) is 5.39 Å². The van der Waals surface area contributed by atoms with Crippen LogP contribution in [0.2, 0.25) is 0 Å². The van der Waals surface area contributed by atoms with E-state index in [-0.39, 0.29) is 11.6 Å². The fourth-order valence-electron chi connectivity index (χ4n) is 2.07. The molecular formula is C15H12FN3O. The molecule has 2 aromatic carbocycles. The summed E-state index contributed by atoms with van der Waals surface area (Å²) in [5.74, 6) is 1.00. The number of para-hydroxylation sites is 1. The van der Waals surface area contributed by atoms with E-state index in [2.05, 4.69) is 9.97 Å². The van der Waals surface area contributed by atoms with Gasteiger partial charge in [-0.25, -0.2) is 14.4 Å². The Morgan fingerprint density at radius 1 is 1.10 bits per heavy atom. The molecule has 20 heavy (non-hydrogen) atoms. The maximum atomic E-state index is 13.2. The molecular weight excluding hydrogens is 257 g/mol. The Labute approximate surface area is 115 Å². The number of rotatable bonds is 2. The lowest BCUT2D eigenvalue weighted by Crippen LogP contribution is -1.99. The second-order valence-corrected chi connectivity index (χ2v) is 4.29. The number of nitrogens with two attached hydrogens (primary N) is 1. The molecule has 0 aliphatic rings. The van der Waals surface area contributed by atoms with Crippen molar-refractivity contribution in [3.05, 3.63) is 48.3 Å². The van der Waals surface area contributed by atoms with E-state index in [1.54, 1.807) is 13.2 Å². The highest BCUT2D eigenvalue weighted by atomic mass is 19.1. The number of fused-ring (bicyclic) bond motifs is 1. The standard InChI is InChI=1S/C15H12FN3O/c1-20-13-5-3-2-4-10(13)15-18-12-7-6-9(16)8-11(12)14(17)19-15/h2-8H,1H3,(H2,17,18,19). The highest BCUT2D eigenvalue weighted by Crippen LogP contribution is 2.29. The number of halogens is 1. The van der Waals surface area contributed by atoms with Crippen molar-refractivity contribution in [2.45, 2.75) is 0 Å². The van der Waals surface area contributed by atoms with Crippen LogP contribution in [-0.2, 0) is 0 Å². The Balaban J connectivity index is 2.25. The van der Waals surface area contributed by atoms with E-state index in [0.717, 1.165) is 5.56 Å². The SMILES string of the molecule is COc1ccccc1-c1nc(N)c2cc(F)ccc2n1. The van der Waals surface area contributed by atoms with Crippen molar-refractivity contribution in [1.29, 1.82) is 0 Å². The summed E-state index contributed by atoms with van der Waals surface area (Å²) < 4.78 is 18.5. The maximum absolute atomic E-state index is 13.2. The third-order valence-electron chi connectivity index (χ3n) is 3.04. The fourth-order valence-corrected chi connectivity index (χ4v) is 2.07. The van der Waals surface area contributed by atoms with Crippen LogP contribution in [-0.4, -0.2) is 17.1 Å². The first kappa shape index (κ1) is 12.3. The first-order valence-corrected chi connectivity index (χ1v) is 6.05. The largest absolute Gasteiger partial charge is 0.496 e. The molecule has 0 saturated carbocycles. The molecule has 0 radical (unpaired) electrons. The Kier molecular flexibility index (Phi) is 2.95. The number of hydrogen-bond donors (Lipinski definition) is 1. The average Bonchev–Trinajstić information content (AvgIpc) is 2.47. The molecule has 0 aliphatic carbocycles. The predicted molar refractivity (Wildman–Crippen MR) is 75.9 cm³/mol. The number of benzene rings is 2. The minimum atomic E-state index is -0.363. The van der Waals surface area contributed by atoms with E-state index in [1.807, 2.05) is 24.3 Å². The third-order valence-corrected chi connectivity index (χ3v) is 3.04. The Morgan fingerprint density at radius 2 is 1.90 bits per heavy atom. The molecule has 0 atom stereocenters. The van der Waals surface area contributed by atoms with Crippen LogP contribution in [0.15, 0.2) is 42.5 Å². The minimum Gasteiger partial charge on any atom is -0.496 e. The summed E-state index contributed by atoms with van der Waals surface area (Å²) in [7, 11) is 1.58. The van der Waals surface area contributed by atoms with Crippen molar-refractivity contribution < 1.29 is 9.13 Å². The summed E-state index contributed by atoms with van der Waals surface area (Å²) in [6.07, 6.45) is 0. The normalized spacial score (nSPS) is 10.7.